The van der Waals surface area contributed by atoms with Crippen LogP contribution in [-0.4, -0.2) is 31.4 Å². The van der Waals surface area contributed by atoms with Crippen LogP contribution in [0, 0.1) is 0 Å². The lowest BCUT2D eigenvalue weighted by Gasteiger charge is -2.15. The number of anilines is 1. The van der Waals surface area contributed by atoms with Gasteiger partial charge >= 0.3 is 0 Å². The number of rotatable bonds is 3. The molecular weight excluding hydrogens is 266 g/mol. The van der Waals surface area contributed by atoms with Crippen molar-refractivity contribution in [2.24, 2.45) is 0 Å². The Morgan fingerprint density at radius 2 is 2.14 bits per heavy atom. The smallest absolute Gasteiger partial charge is 0.231 e. The molecule has 2 aliphatic heterocycles. The highest BCUT2D eigenvalue weighted by molar-refractivity contribution is 5.94. The van der Waals surface area contributed by atoms with Crippen LogP contribution in [0.3, 0.4) is 0 Å². The Labute approximate surface area is 123 Å². The quantitative estimate of drug-likeness (QED) is 0.847. The molecule has 0 fully saturated rings. The zero-order chi connectivity index (χ0) is 14.1. The van der Waals surface area contributed by atoms with Crippen LogP contribution in [0.4, 0.5) is 5.82 Å². The lowest BCUT2D eigenvalue weighted by molar-refractivity contribution is 0.174. The number of hydrogen-bond acceptors (Lipinski definition) is 5. The Morgan fingerprint density at radius 1 is 1.24 bits per heavy atom. The van der Waals surface area contributed by atoms with E-state index >= 15 is 0 Å². The van der Waals surface area contributed by atoms with Crippen molar-refractivity contribution in [3.63, 3.8) is 0 Å². The Kier molecular flexibility index (Phi) is 3.12. The molecule has 21 heavy (non-hydrogen) atoms. The van der Waals surface area contributed by atoms with E-state index in [0.717, 1.165) is 54.1 Å². The molecule has 5 heteroatoms. The van der Waals surface area contributed by atoms with Gasteiger partial charge in [-0.05, 0) is 36.6 Å². The third-order valence-corrected chi connectivity index (χ3v) is 3.90. The monoisotopic (exact) mass is 283 g/mol. The molecule has 1 aromatic heterocycles. The average molecular weight is 283 g/mol. The van der Waals surface area contributed by atoms with Crippen LogP contribution >= 0.6 is 0 Å². The summed E-state index contributed by atoms with van der Waals surface area (Å²) in [5.41, 5.74) is 1.42. The van der Waals surface area contributed by atoms with Crippen molar-refractivity contribution < 1.29 is 9.47 Å². The van der Waals surface area contributed by atoms with Crippen molar-refractivity contribution in [1.29, 1.82) is 0 Å². The van der Waals surface area contributed by atoms with Gasteiger partial charge in [0.05, 0.1) is 0 Å². The highest BCUT2D eigenvalue weighted by Gasteiger charge is 2.16. The number of nitrogens with zero attached hydrogens (tertiary/aromatic N) is 1. The first kappa shape index (κ1) is 12.5. The van der Waals surface area contributed by atoms with Gasteiger partial charge < -0.3 is 20.1 Å². The standard InChI is InChI=1S/C16H17N3O2/c1-4-17-5-2-11(1)9-19-16-13-8-15-14(20-10-21-15)7-12(13)3-6-18-16/h1,3,6-8,17H,2,4-5,9-10H2,(H,18,19). The molecule has 3 heterocycles. The van der Waals surface area contributed by atoms with E-state index in [1.54, 1.807) is 0 Å². The maximum Gasteiger partial charge on any atom is 0.231 e. The third kappa shape index (κ3) is 2.40. The molecule has 2 N–H and O–H groups in total. The van der Waals surface area contributed by atoms with Gasteiger partial charge in [0.25, 0.3) is 0 Å². The third-order valence-electron chi connectivity index (χ3n) is 3.90. The summed E-state index contributed by atoms with van der Waals surface area (Å²) in [6, 6.07) is 6.00. The zero-order valence-electron chi connectivity index (χ0n) is 11.7. The van der Waals surface area contributed by atoms with E-state index in [1.807, 2.05) is 24.4 Å². The molecule has 0 atom stereocenters. The highest BCUT2D eigenvalue weighted by atomic mass is 16.7. The van der Waals surface area contributed by atoms with Gasteiger partial charge in [-0.15, -0.1) is 0 Å². The van der Waals surface area contributed by atoms with E-state index in [9.17, 15) is 0 Å². The Balaban J connectivity index is 1.63. The van der Waals surface area contributed by atoms with Gasteiger partial charge in [-0.3, -0.25) is 0 Å². The summed E-state index contributed by atoms with van der Waals surface area (Å²) in [6.45, 7) is 3.14. The number of pyridine rings is 1. The summed E-state index contributed by atoms with van der Waals surface area (Å²) in [6.07, 6.45) is 5.16. The first-order valence-electron chi connectivity index (χ1n) is 7.21. The first-order valence-corrected chi connectivity index (χ1v) is 7.21. The number of benzene rings is 1. The predicted molar refractivity (Wildman–Crippen MR) is 81.9 cm³/mol. The maximum absolute atomic E-state index is 5.46. The summed E-state index contributed by atoms with van der Waals surface area (Å²) in [4.78, 5) is 4.47. The van der Waals surface area contributed by atoms with E-state index in [4.69, 9.17) is 9.47 Å². The van der Waals surface area contributed by atoms with Crippen molar-refractivity contribution in [1.82, 2.24) is 10.3 Å². The molecule has 0 saturated heterocycles. The number of hydrogen-bond donors (Lipinski definition) is 2. The molecule has 1 aromatic carbocycles. The number of ether oxygens (including phenoxy) is 2. The molecule has 0 radical (unpaired) electrons. The summed E-state index contributed by atoms with van der Waals surface area (Å²) in [7, 11) is 0. The summed E-state index contributed by atoms with van der Waals surface area (Å²) in [5, 5.41) is 8.94. The van der Waals surface area contributed by atoms with Gasteiger partial charge in [0, 0.05) is 24.7 Å². The van der Waals surface area contributed by atoms with E-state index in [1.165, 1.54) is 5.57 Å². The fourth-order valence-electron chi connectivity index (χ4n) is 2.73. The second-order valence-electron chi connectivity index (χ2n) is 5.26. The fourth-order valence-corrected chi connectivity index (χ4v) is 2.73. The lowest BCUT2D eigenvalue weighted by Crippen LogP contribution is -2.23. The van der Waals surface area contributed by atoms with Crippen LogP contribution < -0.4 is 20.1 Å². The fraction of sp³-hybridized carbons (Fsp3) is 0.312. The molecule has 4 rings (SSSR count). The molecule has 0 spiro atoms. The topological polar surface area (TPSA) is 55.4 Å². The van der Waals surface area contributed by atoms with Crippen LogP contribution in [0.2, 0.25) is 0 Å². The van der Waals surface area contributed by atoms with Crippen LogP contribution in [0.25, 0.3) is 10.8 Å². The van der Waals surface area contributed by atoms with Gasteiger partial charge in [0.15, 0.2) is 11.5 Å². The van der Waals surface area contributed by atoms with Crippen molar-refractivity contribution >= 4 is 16.6 Å². The van der Waals surface area contributed by atoms with Gasteiger partial charge in [-0.1, -0.05) is 11.6 Å². The van der Waals surface area contributed by atoms with E-state index in [0.29, 0.717) is 6.79 Å². The molecule has 108 valence electrons. The minimum atomic E-state index is 0.293. The van der Waals surface area contributed by atoms with Crippen LogP contribution in [0.5, 0.6) is 11.5 Å². The molecule has 2 aliphatic rings. The van der Waals surface area contributed by atoms with E-state index < -0.39 is 0 Å². The molecular formula is C16H17N3O2. The Hall–Kier alpha value is -2.27. The van der Waals surface area contributed by atoms with Gasteiger partial charge in [0.1, 0.15) is 5.82 Å². The second kappa shape index (κ2) is 5.26. The molecule has 0 saturated carbocycles. The van der Waals surface area contributed by atoms with E-state index in [2.05, 4.69) is 21.7 Å². The minimum Gasteiger partial charge on any atom is -0.454 e. The predicted octanol–water partition coefficient (Wildman–Crippen LogP) is 2.30. The largest absolute Gasteiger partial charge is 0.454 e. The molecule has 0 bridgehead atoms. The highest BCUT2D eigenvalue weighted by Crippen LogP contribution is 2.37. The molecule has 5 nitrogen and oxygen atoms in total. The van der Waals surface area contributed by atoms with Crippen molar-refractivity contribution in [2.45, 2.75) is 6.42 Å². The van der Waals surface area contributed by atoms with Crippen LogP contribution in [-0.2, 0) is 0 Å². The lowest BCUT2D eigenvalue weighted by atomic mass is 10.1. The Bertz CT molecular complexity index is 712. The van der Waals surface area contributed by atoms with Crippen LogP contribution in [0.1, 0.15) is 6.42 Å². The van der Waals surface area contributed by atoms with Gasteiger partial charge in [0.2, 0.25) is 6.79 Å². The average Bonchev–Trinajstić information content (AvgIpc) is 2.99. The molecule has 2 aromatic rings. The van der Waals surface area contributed by atoms with E-state index in [-0.39, 0.29) is 0 Å². The SMILES string of the molecule is C1=C(CNc2nccc3cc4c(cc23)OCO4)CCNC1. The number of nitrogens with one attached hydrogen (secondary N) is 2. The molecule has 0 aliphatic carbocycles. The molecule has 0 amide bonds. The number of aromatic nitrogens is 1. The summed E-state index contributed by atoms with van der Waals surface area (Å²) in [5.74, 6) is 2.49. The van der Waals surface area contributed by atoms with Crippen molar-refractivity contribution in [2.75, 3.05) is 31.7 Å². The second-order valence-corrected chi connectivity index (χ2v) is 5.26. The summed E-state index contributed by atoms with van der Waals surface area (Å²) >= 11 is 0. The van der Waals surface area contributed by atoms with Crippen LogP contribution in [0.15, 0.2) is 36.0 Å². The first-order chi connectivity index (χ1) is 10.4. The zero-order valence-corrected chi connectivity index (χ0v) is 11.7. The Morgan fingerprint density at radius 3 is 3.00 bits per heavy atom. The number of fused-ring (bicyclic) bond motifs is 2. The summed E-state index contributed by atoms with van der Waals surface area (Å²) < 4.78 is 10.9. The van der Waals surface area contributed by atoms with Gasteiger partial charge in [-0.25, -0.2) is 4.98 Å². The minimum absolute atomic E-state index is 0.293. The van der Waals surface area contributed by atoms with Crippen molar-refractivity contribution in [3.05, 3.63) is 36.0 Å². The van der Waals surface area contributed by atoms with Gasteiger partial charge in [-0.2, -0.15) is 0 Å². The van der Waals surface area contributed by atoms with Crippen molar-refractivity contribution in [3.8, 4) is 11.5 Å². The molecule has 0 unspecified atom stereocenters. The normalized spacial score (nSPS) is 16.9. The maximum atomic E-state index is 5.46.